The van der Waals surface area contributed by atoms with Gasteiger partial charge in [-0.2, -0.15) is 5.10 Å². The van der Waals surface area contributed by atoms with Crippen molar-refractivity contribution in [3.05, 3.63) is 11.6 Å². The molecule has 1 unspecified atom stereocenters. The van der Waals surface area contributed by atoms with Crippen LogP contribution in [-0.4, -0.2) is 21.7 Å². The van der Waals surface area contributed by atoms with Gasteiger partial charge in [-0.1, -0.05) is 39.0 Å². The number of nitrogens with zero attached hydrogens (tertiary/aromatic N) is 2. The van der Waals surface area contributed by atoms with Gasteiger partial charge in [-0.3, -0.25) is 5.10 Å². The van der Waals surface area contributed by atoms with E-state index in [0.717, 1.165) is 37.0 Å². The maximum absolute atomic E-state index is 5.69. The molecule has 1 atom stereocenters. The van der Waals surface area contributed by atoms with E-state index in [9.17, 15) is 0 Å². The SMILES string of the molecule is CCCC(CCN)CCc1nc(C2CCCCC2)n[nH]1. The van der Waals surface area contributed by atoms with E-state index in [1.54, 1.807) is 0 Å². The number of hydrogen-bond acceptors (Lipinski definition) is 3. The van der Waals surface area contributed by atoms with Crippen LogP contribution in [-0.2, 0) is 6.42 Å². The molecule has 2 rings (SSSR count). The molecule has 4 nitrogen and oxygen atoms in total. The van der Waals surface area contributed by atoms with Crippen molar-refractivity contribution in [2.75, 3.05) is 6.54 Å². The van der Waals surface area contributed by atoms with Crippen molar-refractivity contribution >= 4 is 0 Å². The lowest BCUT2D eigenvalue weighted by atomic mass is 9.89. The molecule has 0 spiro atoms. The number of hydrogen-bond donors (Lipinski definition) is 2. The number of aromatic nitrogens is 3. The number of nitrogens with two attached hydrogens (primary N) is 1. The maximum atomic E-state index is 5.69. The molecule has 0 bridgehead atoms. The van der Waals surface area contributed by atoms with E-state index in [4.69, 9.17) is 10.7 Å². The third-order valence-corrected chi connectivity index (χ3v) is 4.58. The lowest BCUT2D eigenvalue weighted by molar-refractivity contribution is 0.417. The van der Waals surface area contributed by atoms with E-state index in [1.807, 2.05) is 0 Å². The van der Waals surface area contributed by atoms with Gasteiger partial charge >= 0.3 is 0 Å². The molecule has 1 heterocycles. The summed E-state index contributed by atoms with van der Waals surface area (Å²) in [6.45, 7) is 3.05. The fourth-order valence-electron chi connectivity index (χ4n) is 3.38. The third kappa shape index (κ3) is 4.58. The minimum absolute atomic E-state index is 0.601. The van der Waals surface area contributed by atoms with Gasteiger partial charge in [-0.05, 0) is 38.1 Å². The molecule has 114 valence electrons. The molecule has 1 aliphatic rings. The maximum Gasteiger partial charge on any atom is 0.153 e. The van der Waals surface area contributed by atoms with Gasteiger partial charge in [0.15, 0.2) is 5.82 Å². The minimum atomic E-state index is 0.601. The standard InChI is InChI=1S/C16H30N4/c1-2-6-13(11-12-17)9-10-15-18-16(20-19-15)14-7-4-3-5-8-14/h13-14H,2-12,17H2,1H3,(H,18,19,20). The average molecular weight is 278 g/mol. The average Bonchev–Trinajstić information content (AvgIpc) is 2.95. The number of aryl methyl sites for hydroxylation is 1. The molecule has 3 N–H and O–H groups in total. The highest BCUT2D eigenvalue weighted by molar-refractivity contribution is 4.99. The van der Waals surface area contributed by atoms with Crippen molar-refractivity contribution in [2.45, 2.75) is 77.0 Å². The van der Waals surface area contributed by atoms with E-state index in [-0.39, 0.29) is 0 Å². The van der Waals surface area contributed by atoms with Gasteiger partial charge < -0.3 is 5.73 Å². The van der Waals surface area contributed by atoms with Gasteiger partial charge in [-0.15, -0.1) is 0 Å². The Morgan fingerprint density at radius 1 is 1.20 bits per heavy atom. The smallest absolute Gasteiger partial charge is 0.153 e. The molecule has 0 aromatic carbocycles. The first-order valence-electron chi connectivity index (χ1n) is 8.44. The van der Waals surface area contributed by atoms with E-state index >= 15 is 0 Å². The number of rotatable bonds is 8. The van der Waals surface area contributed by atoms with Crippen LogP contribution in [0, 0.1) is 5.92 Å². The summed E-state index contributed by atoms with van der Waals surface area (Å²) in [5.41, 5.74) is 5.69. The summed E-state index contributed by atoms with van der Waals surface area (Å²) in [5, 5.41) is 7.60. The molecule has 0 aliphatic heterocycles. The molecule has 1 saturated carbocycles. The number of aromatic amines is 1. The molecule has 20 heavy (non-hydrogen) atoms. The van der Waals surface area contributed by atoms with Crippen molar-refractivity contribution in [1.82, 2.24) is 15.2 Å². The lowest BCUT2D eigenvalue weighted by Gasteiger charge is -2.18. The summed E-state index contributed by atoms with van der Waals surface area (Å²) in [5.74, 6) is 3.48. The highest BCUT2D eigenvalue weighted by Crippen LogP contribution is 2.30. The molecule has 0 radical (unpaired) electrons. The second kappa shape index (κ2) is 8.40. The van der Waals surface area contributed by atoms with E-state index in [0.29, 0.717) is 5.92 Å². The van der Waals surface area contributed by atoms with Crippen LogP contribution < -0.4 is 5.73 Å². The number of H-pyrrole nitrogens is 1. The van der Waals surface area contributed by atoms with Crippen LogP contribution in [0.1, 0.15) is 82.3 Å². The van der Waals surface area contributed by atoms with Crippen LogP contribution in [0.15, 0.2) is 0 Å². The lowest BCUT2D eigenvalue weighted by Crippen LogP contribution is -2.10. The molecule has 1 aromatic rings. The first-order valence-corrected chi connectivity index (χ1v) is 8.44. The van der Waals surface area contributed by atoms with Gasteiger partial charge in [0.05, 0.1) is 0 Å². The highest BCUT2D eigenvalue weighted by atomic mass is 15.2. The van der Waals surface area contributed by atoms with Crippen LogP contribution in [0.3, 0.4) is 0 Å². The quantitative estimate of drug-likeness (QED) is 0.764. The van der Waals surface area contributed by atoms with Crippen molar-refractivity contribution in [1.29, 1.82) is 0 Å². The van der Waals surface area contributed by atoms with Gasteiger partial charge in [0.1, 0.15) is 5.82 Å². The predicted molar refractivity (Wildman–Crippen MR) is 82.6 cm³/mol. The number of nitrogens with one attached hydrogen (secondary N) is 1. The zero-order valence-electron chi connectivity index (χ0n) is 12.9. The van der Waals surface area contributed by atoms with Gasteiger partial charge in [-0.25, -0.2) is 4.98 Å². The Labute approximate surface area is 122 Å². The van der Waals surface area contributed by atoms with Crippen LogP contribution in [0.5, 0.6) is 0 Å². The monoisotopic (exact) mass is 278 g/mol. The molecule has 1 fully saturated rings. The van der Waals surface area contributed by atoms with Crippen LogP contribution >= 0.6 is 0 Å². The van der Waals surface area contributed by atoms with Gasteiger partial charge in [0, 0.05) is 12.3 Å². The summed E-state index contributed by atoms with van der Waals surface area (Å²) in [6, 6.07) is 0. The Morgan fingerprint density at radius 2 is 2.00 bits per heavy atom. The van der Waals surface area contributed by atoms with Crippen LogP contribution in [0.25, 0.3) is 0 Å². The van der Waals surface area contributed by atoms with Crippen molar-refractivity contribution in [3.63, 3.8) is 0 Å². The summed E-state index contributed by atoms with van der Waals surface area (Å²) >= 11 is 0. The minimum Gasteiger partial charge on any atom is -0.330 e. The topological polar surface area (TPSA) is 67.6 Å². The molecular formula is C16H30N4. The largest absolute Gasteiger partial charge is 0.330 e. The molecular weight excluding hydrogens is 248 g/mol. The zero-order valence-corrected chi connectivity index (χ0v) is 12.9. The molecule has 1 aliphatic carbocycles. The summed E-state index contributed by atoms with van der Waals surface area (Å²) in [7, 11) is 0. The van der Waals surface area contributed by atoms with Crippen LogP contribution in [0.2, 0.25) is 0 Å². The molecule has 0 saturated heterocycles. The normalized spacial score (nSPS) is 18.3. The fraction of sp³-hybridized carbons (Fsp3) is 0.875. The highest BCUT2D eigenvalue weighted by Gasteiger charge is 2.19. The van der Waals surface area contributed by atoms with Crippen LogP contribution in [0.4, 0.5) is 0 Å². The van der Waals surface area contributed by atoms with Gasteiger partial charge in [0.25, 0.3) is 0 Å². The Balaban J connectivity index is 1.82. The Morgan fingerprint density at radius 3 is 2.70 bits per heavy atom. The van der Waals surface area contributed by atoms with E-state index < -0.39 is 0 Å². The van der Waals surface area contributed by atoms with Crippen molar-refractivity contribution in [2.24, 2.45) is 11.7 Å². The first kappa shape index (κ1) is 15.5. The Bertz CT molecular complexity index is 362. The fourth-order valence-corrected chi connectivity index (χ4v) is 3.38. The van der Waals surface area contributed by atoms with E-state index in [2.05, 4.69) is 17.1 Å². The summed E-state index contributed by atoms with van der Waals surface area (Å²) in [6.07, 6.45) is 12.5. The predicted octanol–water partition coefficient (Wildman–Crippen LogP) is 3.55. The van der Waals surface area contributed by atoms with Gasteiger partial charge in [0.2, 0.25) is 0 Å². The van der Waals surface area contributed by atoms with E-state index in [1.165, 1.54) is 51.4 Å². The molecule has 0 amide bonds. The summed E-state index contributed by atoms with van der Waals surface area (Å²) < 4.78 is 0. The first-order chi connectivity index (χ1) is 9.83. The van der Waals surface area contributed by atoms with Crippen molar-refractivity contribution in [3.8, 4) is 0 Å². The zero-order chi connectivity index (χ0) is 14.2. The molecule has 1 aromatic heterocycles. The second-order valence-electron chi connectivity index (χ2n) is 6.25. The summed E-state index contributed by atoms with van der Waals surface area (Å²) in [4.78, 5) is 4.73. The Kier molecular flexibility index (Phi) is 6.51. The third-order valence-electron chi connectivity index (χ3n) is 4.58. The second-order valence-corrected chi connectivity index (χ2v) is 6.25. The molecule has 4 heteroatoms. The van der Waals surface area contributed by atoms with Crippen molar-refractivity contribution < 1.29 is 0 Å². The Hall–Kier alpha value is -0.900.